The number of carbonyl (C=O) groups is 1. The minimum Gasteiger partial charge on any atom is -0.396 e. The zero-order chi connectivity index (χ0) is 15.3. The molecule has 1 amide bonds. The normalized spacial score (nSPS) is 14.3. The van der Waals surface area contributed by atoms with E-state index in [9.17, 15) is 4.79 Å². The summed E-state index contributed by atoms with van der Waals surface area (Å²) in [6, 6.07) is 1.80. The molecule has 0 saturated heterocycles. The number of hydrogen-bond acceptors (Lipinski definition) is 4. The third-order valence-electron chi connectivity index (χ3n) is 3.26. The van der Waals surface area contributed by atoms with Crippen molar-refractivity contribution in [1.82, 2.24) is 15.1 Å². The molecule has 0 saturated carbocycles. The van der Waals surface area contributed by atoms with Gasteiger partial charge in [-0.25, -0.2) is 0 Å². The fourth-order valence-corrected chi connectivity index (χ4v) is 2.06. The van der Waals surface area contributed by atoms with E-state index in [4.69, 9.17) is 9.84 Å². The van der Waals surface area contributed by atoms with E-state index in [0.717, 1.165) is 5.69 Å². The highest BCUT2D eigenvalue weighted by molar-refractivity contribution is 5.93. The van der Waals surface area contributed by atoms with Crippen molar-refractivity contribution in [2.75, 3.05) is 20.3 Å². The number of aliphatic hydroxyl groups is 1. The van der Waals surface area contributed by atoms with E-state index in [1.807, 2.05) is 20.8 Å². The van der Waals surface area contributed by atoms with E-state index >= 15 is 0 Å². The van der Waals surface area contributed by atoms with Gasteiger partial charge in [0, 0.05) is 20.8 Å². The number of rotatable bonds is 7. The molecular formula is C14H25N3O3. The van der Waals surface area contributed by atoms with Crippen LogP contribution >= 0.6 is 0 Å². The highest BCUT2D eigenvalue weighted by Gasteiger charge is 2.28. The van der Waals surface area contributed by atoms with Crippen LogP contribution in [0.25, 0.3) is 0 Å². The van der Waals surface area contributed by atoms with E-state index in [1.165, 1.54) is 0 Å². The maximum absolute atomic E-state index is 12.4. The average molecular weight is 283 g/mol. The van der Waals surface area contributed by atoms with Gasteiger partial charge >= 0.3 is 0 Å². The standard InChI is InChI=1S/C14H25N3O3/c1-10(2)11-8-12(17(4)16-11)13(19)15-14(3,6-7-18)9-20-5/h8,10,18H,6-7,9H2,1-5H3,(H,15,19). The molecule has 1 aromatic heterocycles. The van der Waals surface area contributed by atoms with Crippen LogP contribution in [-0.4, -0.2) is 46.7 Å². The summed E-state index contributed by atoms with van der Waals surface area (Å²) in [5.74, 6) is 0.0606. The first-order valence-corrected chi connectivity index (χ1v) is 6.79. The Balaban J connectivity index is 2.89. The van der Waals surface area contributed by atoms with Crippen molar-refractivity contribution < 1.29 is 14.6 Å². The van der Waals surface area contributed by atoms with E-state index < -0.39 is 5.54 Å². The summed E-state index contributed by atoms with van der Waals surface area (Å²) in [6.45, 7) is 6.25. The van der Waals surface area contributed by atoms with Gasteiger partial charge in [-0.3, -0.25) is 9.48 Å². The molecule has 0 fully saturated rings. The van der Waals surface area contributed by atoms with Gasteiger partial charge in [0.05, 0.1) is 17.8 Å². The number of aryl methyl sites for hydroxylation is 1. The molecule has 0 aliphatic rings. The zero-order valence-electron chi connectivity index (χ0n) is 12.9. The van der Waals surface area contributed by atoms with Crippen LogP contribution in [0, 0.1) is 0 Å². The Morgan fingerprint density at radius 1 is 1.60 bits per heavy atom. The first kappa shape index (κ1) is 16.7. The number of aromatic nitrogens is 2. The minimum atomic E-state index is -0.594. The second-order valence-electron chi connectivity index (χ2n) is 5.65. The smallest absolute Gasteiger partial charge is 0.270 e. The van der Waals surface area contributed by atoms with Crippen molar-refractivity contribution in [3.05, 3.63) is 17.5 Å². The molecule has 0 radical (unpaired) electrons. The summed E-state index contributed by atoms with van der Waals surface area (Å²) in [6.07, 6.45) is 0.432. The molecule has 6 nitrogen and oxygen atoms in total. The average Bonchev–Trinajstić information content (AvgIpc) is 2.71. The summed E-state index contributed by atoms with van der Waals surface area (Å²) in [4.78, 5) is 12.4. The topological polar surface area (TPSA) is 76.4 Å². The molecule has 1 rings (SSSR count). The third-order valence-corrected chi connectivity index (χ3v) is 3.26. The molecule has 6 heteroatoms. The lowest BCUT2D eigenvalue weighted by Gasteiger charge is -2.29. The Morgan fingerprint density at radius 2 is 2.25 bits per heavy atom. The van der Waals surface area contributed by atoms with E-state index in [-0.39, 0.29) is 18.4 Å². The number of methoxy groups -OCH3 is 1. The molecule has 1 aromatic rings. The number of ether oxygens (including phenoxy) is 1. The lowest BCUT2D eigenvalue weighted by molar-refractivity contribution is 0.0718. The van der Waals surface area contributed by atoms with Gasteiger partial charge in [0.1, 0.15) is 5.69 Å². The fraction of sp³-hybridized carbons (Fsp3) is 0.714. The molecule has 1 unspecified atom stereocenters. The number of nitrogens with one attached hydrogen (secondary N) is 1. The summed E-state index contributed by atoms with van der Waals surface area (Å²) >= 11 is 0. The van der Waals surface area contributed by atoms with Gasteiger partial charge in [0.25, 0.3) is 5.91 Å². The van der Waals surface area contributed by atoms with Crippen LogP contribution in [0.15, 0.2) is 6.07 Å². The van der Waals surface area contributed by atoms with Crippen LogP contribution in [0.3, 0.4) is 0 Å². The van der Waals surface area contributed by atoms with Crippen LogP contribution in [0.4, 0.5) is 0 Å². The molecule has 0 aliphatic heterocycles. The van der Waals surface area contributed by atoms with E-state index in [1.54, 1.807) is 24.9 Å². The largest absolute Gasteiger partial charge is 0.396 e. The minimum absolute atomic E-state index is 0.0111. The maximum atomic E-state index is 12.4. The van der Waals surface area contributed by atoms with Crippen LogP contribution in [0.2, 0.25) is 0 Å². The Morgan fingerprint density at radius 3 is 2.70 bits per heavy atom. The lowest BCUT2D eigenvalue weighted by Crippen LogP contribution is -2.50. The summed E-state index contributed by atoms with van der Waals surface area (Å²) in [5, 5.41) is 16.4. The highest BCUT2D eigenvalue weighted by atomic mass is 16.5. The fourth-order valence-electron chi connectivity index (χ4n) is 2.06. The Labute approximate surface area is 120 Å². The molecule has 0 spiro atoms. The maximum Gasteiger partial charge on any atom is 0.270 e. The molecule has 114 valence electrons. The van der Waals surface area contributed by atoms with Crippen molar-refractivity contribution in [2.45, 2.75) is 38.6 Å². The van der Waals surface area contributed by atoms with Crippen molar-refractivity contribution >= 4 is 5.91 Å². The van der Waals surface area contributed by atoms with Crippen molar-refractivity contribution in [3.8, 4) is 0 Å². The predicted octanol–water partition coefficient (Wildman–Crippen LogP) is 1.06. The van der Waals surface area contributed by atoms with Crippen molar-refractivity contribution in [3.63, 3.8) is 0 Å². The SMILES string of the molecule is COCC(C)(CCO)NC(=O)c1cc(C(C)C)nn1C. The van der Waals surface area contributed by atoms with Crippen molar-refractivity contribution in [2.24, 2.45) is 7.05 Å². The van der Waals surface area contributed by atoms with Crippen LogP contribution in [0.1, 0.15) is 49.3 Å². The number of amides is 1. The van der Waals surface area contributed by atoms with Gasteiger partial charge in [-0.15, -0.1) is 0 Å². The molecule has 20 heavy (non-hydrogen) atoms. The molecule has 1 atom stereocenters. The third kappa shape index (κ3) is 4.05. The first-order chi connectivity index (χ1) is 9.33. The highest BCUT2D eigenvalue weighted by Crippen LogP contribution is 2.16. The summed E-state index contributed by atoms with van der Waals surface area (Å²) in [7, 11) is 3.32. The molecule has 1 heterocycles. The second-order valence-corrected chi connectivity index (χ2v) is 5.65. The van der Waals surface area contributed by atoms with E-state index in [0.29, 0.717) is 18.7 Å². The Kier molecular flexibility index (Phi) is 5.71. The number of carbonyl (C=O) groups excluding carboxylic acids is 1. The van der Waals surface area contributed by atoms with Crippen molar-refractivity contribution in [1.29, 1.82) is 0 Å². The first-order valence-electron chi connectivity index (χ1n) is 6.79. The molecule has 0 aliphatic carbocycles. The van der Waals surface area contributed by atoms with Gasteiger partial charge in [0.15, 0.2) is 0 Å². The quantitative estimate of drug-likeness (QED) is 0.784. The number of nitrogens with zero attached hydrogens (tertiary/aromatic N) is 2. The van der Waals surface area contributed by atoms with Gasteiger partial charge in [0.2, 0.25) is 0 Å². The summed E-state index contributed by atoms with van der Waals surface area (Å²) < 4.78 is 6.70. The van der Waals surface area contributed by atoms with Gasteiger partial charge in [-0.05, 0) is 25.3 Å². The molecule has 0 bridgehead atoms. The van der Waals surface area contributed by atoms with E-state index in [2.05, 4.69) is 10.4 Å². The number of aliphatic hydroxyl groups excluding tert-OH is 1. The lowest BCUT2D eigenvalue weighted by atomic mass is 9.99. The Bertz CT molecular complexity index is 449. The van der Waals surface area contributed by atoms with Crippen LogP contribution < -0.4 is 5.32 Å². The van der Waals surface area contributed by atoms with Crippen LogP contribution in [-0.2, 0) is 11.8 Å². The predicted molar refractivity (Wildman–Crippen MR) is 76.7 cm³/mol. The van der Waals surface area contributed by atoms with Gasteiger partial charge in [-0.2, -0.15) is 5.10 Å². The Hall–Kier alpha value is -1.40. The van der Waals surface area contributed by atoms with Gasteiger partial charge < -0.3 is 15.2 Å². The molecular weight excluding hydrogens is 258 g/mol. The molecule has 0 aromatic carbocycles. The zero-order valence-corrected chi connectivity index (χ0v) is 12.9. The van der Waals surface area contributed by atoms with Crippen LogP contribution in [0.5, 0.6) is 0 Å². The second kappa shape index (κ2) is 6.85. The summed E-state index contributed by atoms with van der Waals surface area (Å²) in [5.41, 5.74) is 0.797. The van der Waals surface area contributed by atoms with Gasteiger partial charge in [-0.1, -0.05) is 13.8 Å². The number of hydrogen-bond donors (Lipinski definition) is 2. The molecule has 2 N–H and O–H groups in total. The monoisotopic (exact) mass is 283 g/mol.